The number of aromatic nitrogens is 4. The zero-order chi connectivity index (χ0) is 22.6. The highest BCUT2D eigenvalue weighted by Crippen LogP contribution is 2.32. The lowest BCUT2D eigenvalue weighted by atomic mass is 9.86. The Labute approximate surface area is 203 Å². The molecule has 1 saturated heterocycles. The fraction of sp³-hybridized carbons (Fsp3) is 0.520. The first-order valence-electron chi connectivity index (χ1n) is 12.1. The Morgan fingerprint density at radius 3 is 2.85 bits per heavy atom. The number of nitrogens with zero attached hydrogens (tertiary/aromatic N) is 5. The maximum absolute atomic E-state index is 13.1. The van der Waals surface area contributed by atoms with Crippen LogP contribution >= 0.6 is 15.9 Å². The van der Waals surface area contributed by atoms with E-state index in [4.69, 9.17) is 4.98 Å². The summed E-state index contributed by atoms with van der Waals surface area (Å²) in [5.41, 5.74) is 2.92. The molecule has 174 valence electrons. The monoisotopic (exact) mass is 510 g/mol. The first kappa shape index (κ1) is 22.3. The fourth-order valence-corrected chi connectivity index (χ4v) is 5.55. The van der Waals surface area contributed by atoms with E-state index in [1.807, 2.05) is 16.8 Å². The average molecular weight is 511 g/mol. The zero-order valence-corrected chi connectivity index (χ0v) is 20.5. The molecular weight excluding hydrogens is 480 g/mol. The summed E-state index contributed by atoms with van der Waals surface area (Å²) in [5, 5.41) is 7.99. The van der Waals surface area contributed by atoms with Gasteiger partial charge in [0.1, 0.15) is 5.82 Å². The molecule has 5 rings (SSSR count). The van der Waals surface area contributed by atoms with E-state index in [1.54, 1.807) is 12.4 Å². The lowest BCUT2D eigenvalue weighted by molar-refractivity contribution is -0.133. The number of piperidine rings is 1. The van der Waals surface area contributed by atoms with Crippen molar-refractivity contribution in [2.75, 3.05) is 18.4 Å². The Balaban J connectivity index is 1.33. The Morgan fingerprint density at radius 1 is 1.15 bits per heavy atom. The Hall–Kier alpha value is -2.48. The second kappa shape index (κ2) is 10.2. The summed E-state index contributed by atoms with van der Waals surface area (Å²) in [6.45, 7) is 2.27. The lowest BCUT2D eigenvalue weighted by Gasteiger charge is -2.34. The number of fused-ring (bicyclic) bond motifs is 1. The average Bonchev–Trinajstić information content (AvgIpc) is 3.24. The third-order valence-electron chi connectivity index (χ3n) is 7.03. The molecule has 1 atom stereocenters. The maximum atomic E-state index is 13.1. The van der Waals surface area contributed by atoms with Gasteiger partial charge < -0.3 is 10.2 Å². The van der Waals surface area contributed by atoms with E-state index in [0.717, 1.165) is 53.1 Å². The first-order chi connectivity index (χ1) is 16.2. The van der Waals surface area contributed by atoms with Crippen molar-refractivity contribution in [2.45, 2.75) is 63.8 Å². The number of anilines is 1. The Bertz CT molecular complexity index is 1090. The molecule has 0 radical (unpaired) electrons. The number of carbonyl (C=O) groups excluding carboxylic acids is 1. The molecule has 8 heteroatoms. The normalized spacial score (nSPS) is 19.7. The van der Waals surface area contributed by atoms with Gasteiger partial charge in [0.25, 0.3) is 0 Å². The van der Waals surface area contributed by atoms with Crippen molar-refractivity contribution < 1.29 is 4.79 Å². The van der Waals surface area contributed by atoms with E-state index in [1.165, 1.54) is 32.1 Å². The van der Waals surface area contributed by atoms with Gasteiger partial charge in [0.05, 0.1) is 16.4 Å². The molecule has 3 aromatic rings. The molecule has 2 aliphatic rings. The molecule has 3 aromatic heterocycles. The van der Waals surface area contributed by atoms with Gasteiger partial charge in [0, 0.05) is 50.4 Å². The van der Waals surface area contributed by atoms with Gasteiger partial charge in [-0.1, -0.05) is 25.3 Å². The first-order valence-corrected chi connectivity index (χ1v) is 12.9. The highest BCUT2D eigenvalue weighted by atomic mass is 79.9. The van der Waals surface area contributed by atoms with Gasteiger partial charge >= 0.3 is 0 Å². The number of pyridine rings is 1. The Morgan fingerprint density at radius 2 is 2.03 bits per heavy atom. The van der Waals surface area contributed by atoms with E-state index in [2.05, 4.69) is 48.4 Å². The molecule has 1 aliphatic carbocycles. The van der Waals surface area contributed by atoms with Crippen molar-refractivity contribution >= 4 is 33.3 Å². The fourth-order valence-electron chi connectivity index (χ4n) is 5.20. The van der Waals surface area contributed by atoms with Crippen LogP contribution in [0.15, 0.2) is 41.3 Å². The second-order valence-corrected chi connectivity index (χ2v) is 10.3. The molecule has 0 spiro atoms. The molecule has 7 nitrogen and oxygen atoms in total. The van der Waals surface area contributed by atoms with E-state index >= 15 is 0 Å². The summed E-state index contributed by atoms with van der Waals surface area (Å²) in [4.78, 5) is 24.3. The number of nitrogens with one attached hydrogen (secondary N) is 1. The minimum Gasteiger partial charge on any atom is -0.366 e. The van der Waals surface area contributed by atoms with Gasteiger partial charge in [-0.25, -0.2) is 4.98 Å². The van der Waals surface area contributed by atoms with Crippen molar-refractivity contribution in [1.82, 2.24) is 24.5 Å². The third-order valence-corrected chi connectivity index (χ3v) is 7.58. The van der Waals surface area contributed by atoms with Crippen molar-refractivity contribution in [3.8, 4) is 0 Å². The molecule has 1 saturated carbocycles. The number of rotatable bonds is 6. The van der Waals surface area contributed by atoms with Gasteiger partial charge in [0.15, 0.2) is 5.65 Å². The molecule has 1 N–H and O–H groups in total. The van der Waals surface area contributed by atoms with Crippen LogP contribution < -0.4 is 5.32 Å². The van der Waals surface area contributed by atoms with Crippen LogP contribution in [0.1, 0.15) is 68.5 Å². The SMILES string of the molecule is O=C(CC1CCCCC1)N1CCCC(c2cc(NCc3cccnc3)n3ncc(Br)c3n2)C1. The van der Waals surface area contributed by atoms with Crippen molar-refractivity contribution in [3.63, 3.8) is 0 Å². The van der Waals surface area contributed by atoms with Crippen molar-refractivity contribution in [3.05, 3.63) is 52.5 Å². The van der Waals surface area contributed by atoms with E-state index in [-0.39, 0.29) is 5.92 Å². The summed E-state index contributed by atoms with van der Waals surface area (Å²) in [5.74, 6) is 2.04. The summed E-state index contributed by atoms with van der Waals surface area (Å²) in [6, 6.07) is 6.09. The van der Waals surface area contributed by atoms with E-state index < -0.39 is 0 Å². The summed E-state index contributed by atoms with van der Waals surface area (Å²) < 4.78 is 2.70. The van der Waals surface area contributed by atoms with Gasteiger partial charge in [0.2, 0.25) is 5.91 Å². The number of carbonyl (C=O) groups is 1. The molecule has 1 aliphatic heterocycles. The number of hydrogen-bond donors (Lipinski definition) is 1. The smallest absolute Gasteiger partial charge is 0.222 e. The number of amides is 1. The van der Waals surface area contributed by atoms with Crippen LogP contribution in [0.2, 0.25) is 0 Å². The molecular formula is C25H31BrN6O. The molecule has 0 bridgehead atoms. The van der Waals surface area contributed by atoms with Crippen LogP contribution in [0, 0.1) is 5.92 Å². The minimum absolute atomic E-state index is 0.236. The summed E-state index contributed by atoms with van der Waals surface area (Å²) in [6.07, 6.45) is 14.5. The molecule has 1 amide bonds. The van der Waals surface area contributed by atoms with Crippen molar-refractivity contribution in [2.24, 2.45) is 5.92 Å². The standard InChI is InChI=1S/C25H31BrN6O/c26-21-16-29-32-23(28-15-19-8-4-10-27-14-19)13-22(30-25(21)32)20-9-5-11-31(17-20)24(33)12-18-6-2-1-3-7-18/h4,8,10,13-14,16,18,20,28H,1-3,5-7,9,11-12,15,17H2. The maximum Gasteiger partial charge on any atom is 0.222 e. The van der Waals surface area contributed by atoms with Crippen LogP contribution in [-0.4, -0.2) is 43.5 Å². The van der Waals surface area contributed by atoms with Crippen LogP contribution in [0.5, 0.6) is 0 Å². The highest BCUT2D eigenvalue weighted by molar-refractivity contribution is 9.10. The molecule has 33 heavy (non-hydrogen) atoms. The predicted molar refractivity (Wildman–Crippen MR) is 132 cm³/mol. The van der Waals surface area contributed by atoms with Crippen LogP contribution in [0.25, 0.3) is 5.65 Å². The lowest BCUT2D eigenvalue weighted by Crippen LogP contribution is -2.40. The molecule has 2 fully saturated rings. The van der Waals surface area contributed by atoms with Gasteiger partial charge in [-0.15, -0.1) is 0 Å². The van der Waals surface area contributed by atoms with Crippen LogP contribution in [0.3, 0.4) is 0 Å². The third kappa shape index (κ3) is 5.21. The molecule has 4 heterocycles. The number of likely N-dealkylation sites (tertiary alicyclic amines) is 1. The molecule has 0 aromatic carbocycles. The number of halogens is 1. The topological polar surface area (TPSA) is 75.4 Å². The number of hydrogen-bond acceptors (Lipinski definition) is 5. The minimum atomic E-state index is 0.236. The second-order valence-electron chi connectivity index (χ2n) is 9.40. The quantitative estimate of drug-likeness (QED) is 0.494. The zero-order valence-electron chi connectivity index (χ0n) is 18.9. The Kier molecular flexibility index (Phi) is 6.90. The largest absolute Gasteiger partial charge is 0.366 e. The molecule has 1 unspecified atom stereocenters. The van der Waals surface area contributed by atoms with Gasteiger partial charge in [-0.05, 0) is 59.2 Å². The summed E-state index contributed by atoms with van der Waals surface area (Å²) in [7, 11) is 0. The van der Waals surface area contributed by atoms with E-state index in [0.29, 0.717) is 24.8 Å². The van der Waals surface area contributed by atoms with Crippen molar-refractivity contribution in [1.29, 1.82) is 0 Å². The van der Waals surface area contributed by atoms with Crippen LogP contribution in [-0.2, 0) is 11.3 Å². The van der Waals surface area contributed by atoms with Gasteiger partial charge in [-0.3, -0.25) is 9.78 Å². The highest BCUT2D eigenvalue weighted by Gasteiger charge is 2.28. The summed E-state index contributed by atoms with van der Waals surface area (Å²) >= 11 is 3.60. The van der Waals surface area contributed by atoms with Gasteiger partial charge in [-0.2, -0.15) is 9.61 Å². The van der Waals surface area contributed by atoms with Crippen LogP contribution in [0.4, 0.5) is 5.82 Å². The van der Waals surface area contributed by atoms with E-state index in [9.17, 15) is 4.79 Å². The predicted octanol–water partition coefficient (Wildman–Crippen LogP) is 5.18.